The van der Waals surface area contributed by atoms with E-state index in [1.165, 1.54) is 6.42 Å². The van der Waals surface area contributed by atoms with Gasteiger partial charge in [0.1, 0.15) is 11.5 Å². The second-order valence-electron chi connectivity index (χ2n) is 5.54. The molecule has 2 amide bonds. The van der Waals surface area contributed by atoms with Crippen molar-refractivity contribution >= 4 is 11.8 Å². The second kappa shape index (κ2) is 6.59. The number of aryl methyl sites for hydroxylation is 1. The van der Waals surface area contributed by atoms with Crippen LogP contribution in [0.1, 0.15) is 50.0 Å². The first-order valence-electron chi connectivity index (χ1n) is 7.20. The molecular weight excluding hydrogens is 256 g/mol. The Morgan fingerprint density at radius 1 is 1.40 bits per heavy atom. The van der Waals surface area contributed by atoms with E-state index in [0.29, 0.717) is 38.1 Å². The molecule has 5 nitrogen and oxygen atoms in total. The topological polar surface area (TPSA) is 85.3 Å². The van der Waals surface area contributed by atoms with Gasteiger partial charge in [0.05, 0.1) is 0 Å². The van der Waals surface area contributed by atoms with E-state index < -0.39 is 0 Å². The van der Waals surface area contributed by atoms with Gasteiger partial charge in [-0.3, -0.25) is 9.59 Å². The number of hydrogen-bond donors (Lipinski definition) is 2. The Morgan fingerprint density at radius 3 is 2.80 bits per heavy atom. The number of hydrogen-bond acceptors (Lipinski definition) is 3. The van der Waals surface area contributed by atoms with E-state index in [9.17, 15) is 9.59 Å². The van der Waals surface area contributed by atoms with Crippen molar-refractivity contribution < 1.29 is 14.0 Å². The van der Waals surface area contributed by atoms with E-state index >= 15 is 0 Å². The number of nitrogens with one attached hydrogen (secondary N) is 1. The van der Waals surface area contributed by atoms with E-state index in [1.54, 1.807) is 0 Å². The molecule has 0 saturated heterocycles. The minimum Gasteiger partial charge on any atom is -0.466 e. The molecule has 0 spiro atoms. The molecule has 2 atom stereocenters. The molecule has 0 bridgehead atoms. The van der Waals surface area contributed by atoms with Crippen LogP contribution < -0.4 is 11.1 Å². The smallest absolute Gasteiger partial charge is 0.220 e. The number of furan rings is 1. The molecule has 1 aliphatic carbocycles. The molecule has 0 aromatic carbocycles. The van der Waals surface area contributed by atoms with Crippen LogP contribution in [0.4, 0.5) is 0 Å². The second-order valence-corrected chi connectivity index (χ2v) is 5.54. The summed E-state index contributed by atoms with van der Waals surface area (Å²) < 4.78 is 5.74. The van der Waals surface area contributed by atoms with E-state index in [1.807, 2.05) is 12.1 Å². The van der Waals surface area contributed by atoms with Gasteiger partial charge in [-0.1, -0.05) is 6.92 Å². The summed E-state index contributed by atoms with van der Waals surface area (Å²) in [6.07, 6.45) is 3.12. The first kappa shape index (κ1) is 14.6. The lowest BCUT2D eigenvalue weighted by atomic mass is 10.2. The normalized spacial score (nSPS) is 20.6. The maximum absolute atomic E-state index is 11.6. The summed E-state index contributed by atoms with van der Waals surface area (Å²) in [5, 5.41) is 2.77. The van der Waals surface area contributed by atoms with Crippen LogP contribution in [0.3, 0.4) is 0 Å². The lowest BCUT2D eigenvalue weighted by molar-refractivity contribution is -0.122. The van der Waals surface area contributed by atoms with Crippen molar-refractivity contribution in [2.24, 2.45) is 11.7 Å². The highest BCUT2D eigenvalue weighted by Gasteiger charge is 2.36. The Morgan fingerprint density at radius 2 is 2.15 bits per heavy atom. The van der Waals surface area contributed by atoms with Crippen molar-refractivity contribution in [3.63, 3.8) is 0 Å². The van der Waals surface area contributed by atoms with Gasteiger partial charge in [0.15, 0.2) is 0 Å². The Bertz CT molecular complexity index is 481. The SMILES string of the molecule is CC1CC1c1ccc(CCC(=O)NCCCC(N)=O)o1. The maximum atomic E-state index is 11.6. The zero-order valence-electron chi connectivity index (χ0n) is 11.9. The molecule has 1 aromatic rings. The fraction of sp³-hybridized carbons (Fsp3) is 0.600. The summed E-state index contributed by atoms with van der Waals surface area (Å²) in [5.41, 5.74) is 5.02. The lowest BCUT2D eigenvalue weighted by Gasteiger charge is -2.03. The average Bonchev–Trinajstić information content (AvgIpc) is 2.95. The number of carbonyl (C=O) groups is 2. The van der Waals surface area contributed by atoms with Gasteiger partial charge in [-0.15, -0.1) is 0 Å². The Kier molecular flexibility index (Phi) is 4.82. The number of amides is 2. The third-order valence-corrected chi connectivity index (χ3v) is 3.68. The highest BCUT2D eigenvalue weighted by Crippen LogP contribution is 2.47. The lowest BCUT2D eigenvalue weighted by Crippen LogP contribution is -2.25. The first-order chi connectivity index (χ1) is 9.56. The van der Waals surface area contributed by atoms with E-state index in [0.717, 1.165) is 17.4 Å². The van der Waals surface area contributed by atoms with Crippen LogP contribution in [0.2, 0.25) is 0 Å². The molecule has 20 heavy (non-hydrogen) atoms. The Labute approximate surface area is 118 Å². The van der Waals surface area contributed by atoms with Gasteiger partial charge in [0, 0.05) is 31.7 Å². The van der Waals surface area contributed by atoms with Gasteiger partial charge < -0.3 is 15.5 Å². The zero-order chi connectivity index (χ0) is 14.5. The quantitative estimate of drug-likeness (QED) is 0.710. The fourth-order valence-corrected chi connectivity index (χ4v) is 2.26. The predicted molar refractivity (Wildman–Crippen MR) is 75.0 cm³/mol. The van der Waals surface area contributed by atoms with Crippen LogP contribution in [0, 0.1) is 5.92 Å². The van der Waals surface area contributed by atoms with Crippen LogP contribution in [0.5, 0.6) is 0 Å². The number of primary amides is 1. The molecule has 2 rings (SSSR count). The monoisotopic (exact) mass is 278 g/mol. The molecule has 110 valence electrons. The summed E-state index contributed by atoms with van der Waals surface area (Å²) in [6, 6.07) is 3.98. The van der Waals surface area contributed by atoms with E-state index in [4.69, 9.17) is 10.2 Å². The van der Waals surface area contributed by atoms with E-state index in [2.05, 4.69) is 12.2 Å². The predicted octanol–water partition coefficient (Wildman–Crippen LogP) is 1.72. The van der Waals surface area contributed by atoms with Gasteiger partial charge in [0.25, 0.3) is 0 Å². The molecule has 0 aliphatic heterocycles. The molecule has 5 heteroatoms. The summed E-state index contributed by atoms with van der Waals surface area (Å²) in [7, 11) is 0. The summed E-state index contributed by atoms with van der Waals surface area (Å²) in [6.45, 7) is 2.71. The van der Waals surface area contributed by atoms with Crippen molar-refractivity contribution in [3.8, 4) is 0 Å². The summed E-state index contributed by atoms with van der Waals surface area (Å²) >= 11 is 0. The molecule has 1 aliphatic rings. The minimum atomic E-state index is -0.336. The zero-order valence-corrected chi connectivity index (χ0v) is 11.9. The fourth-order valence-electron chi connectivity index (χ4n) is 2.26. The van der Waals surface area contributed by atoms with Crippen LogP contribution >= 0.6 is 0 Å². The molecule has 1 heterocycles. The number of carbonyl (C=O) groups excluding carboxylic acids is 2. The minimum absolute atomic E-state index is 0.0211. The molecule has 0 radical (unpaired) electrons. The Balaban J connectivity index is 1.63. The first-order valence-corrected chi connectivity index (χ1v) is 7.20. The molecular formula is C15H22N2O3. The van der Waals surface area contributed by atoms with Crippen molar-refractivity contribution in [1.29, 1.82) is 0 Å². The van der Waals surface area contributed by atoms with Gasteiger partial charge in [-0.2, -0.15) is 0 Å². The Hall–Kier alpha value is -1.78. The van der Waals surface area contributed by atoms with Gasteiger partial charge in [-0.05, 0) is 30.9 Å². The molecule has 1 fully saturated rings. The number of rotatable bonds is 8. The van der Waals surface area contributed by atoms with Crippen molar-refractivity contribution in [3.05, 3.63) is 23.7 Å². The highest BCUT2D eigenvalue weighted by atomic mass is 16.3. The molecule has 2 unspecified atom stereocenters. The van der Waals surface area contributed by atoms with Crippen LogP contribution in [-0.4, -0.2) is 18.4 Å². The summed E-state index contributed by atoms with van der Waals surface area (Å²) in [4.78, 5) is 22.1. The summed E-state index contributed by atoms with van der Waals surface area (Å²) in [5.74, 6) is 2.86. The number of nitrogens with two attached hydrogens (primary N) is 1. The highest BCUT2D eigenvalue weighted by molar-refractivity contribution is 5.76. The van der Waals surface area contributed by atoms with Crippen molar-refractivity contribution in [2.45, 2.75) is 44.9 Å². The van der Waals surface area contributed by atoms with Gasteiger partial charge in [-0.25, -0.2) is 0 Å². The van der Waals surface area contributed by atoms with Crippen LogP contribution in [-0.2, 0) is 16.0 Å². The standard InChI is InChI=1S/C15H22N2O3/c1-10-9-12(10)13-6-4-11(20-13)5-7-15(19)17-8-2-3-14(16)18/h4,6,10,12H,2-3,5,7-9H2,1H3,(H2,16,18)(H,17,19). The van der Waals surface area contributed by atoms with E-state index in [-0.39, 0.29) is 11.8 Å². The average molecular weight is 278 g/mol. The third kappa shape index (κ3) is 4.40. The molecule has 3 N–H and O–H groups in total. The van der Waals surface area contributed by atoms with Crippen molar-refractivity contribution in [2.75, 3.05) is 6.54 Å². The molecule has 1 saturated carbocycles. The van der Waals surface area contributed by atoms with Crippen LogP contribution in [0.15, 0.2) is 16.5 Å². The maximum Gasteiger partial charge on any atom is 0.220 e. The van der Waals surface area contributed by atoms with Gasteiger partial charge in [0.2, 0.25) is 11.8 Å². The molecule has 1 aromatic heterocycles. The third-order valence-electron chi connectivity index (χ3n) is 3.68. The largest absolute Gasteiger partial charge is 0.466 e. The van der Waals surface area contributed by atoms with Crippen LogP contribution in [0.25, 0.3) is 0 Å². The van der Waals surface area contributed by atoms with Gasteiger partial charge >= 0.3 is 0 Å². The van der Waals surface area contributed by atoms with Crippen molar-refractivity contribution in [1.82, 2.24) is 5.32 Å².